The Morgan fingerprint density at radius 2 is 1.42 bits per heavy atom. The number of carboxylic acid groups (broad SMARTS) is 1. The third kappa shape index (κ3) is 11.1. The quantitative estimate of drug-likeness (QED) is 0.0748. The summed E-state index contributed by atoms with van der Waals surface area (Å²) < 4.78 is 85.5. The van der Waals surface area contributed by atoms with E-state index >= 15 is 8.42 Å². The van der Waals surface area contributed by atoms with Crippen LogP contribution in [0.25, 0.3) is 11.4 Å². The van der Waals surface area contributed by atoms with Gasteiger partial charge in [-0.2, -0.15) is 9.10 Å². The molecule has 2 atom stereocenters. The molecular formula is C40H48N8O12S2. The number of carbonyl (C=O) groups is 1. The Balaban J connectivity index is 1.57. The van der Waals surface area contributed by atoms with E-state index in [4.69, 9.17) is 24.1 Å². The van der Waals surface area contributed by atoms with Crippen LogP contribution in [0.3, 0.4) is 0 Å². The van der Waals surface area contributed by atoms with E-state index in [1.165, 1.54) is 25.1 Å². The number of hydrogen-bond donors (Lipinski definition) is 5. The highest BCUT2D eigenvalue weighted by Gasteiger charge is 2.39. The number of anilines is 1. The van der Waals surface area contributed by atoms with Gasteiger partial charge in [0.1, 0.15) is 27.0 Å². The zero-order valence-electron chi connectivity index (χ0n) is 34.1. The second-order valence-electron chi connectivity index (χ2n) is 14.1. The van der Waals surface area contributed by atoms with Gasteiger partial charge in [0.05, 0.1) is 58.9 Å². The van der Waals surface area contributed by atoms with Gasteiger partial charge in [-0.15, -0.1) is 10.2 Å². The number of nitrogens with zero attached hydrogens (tertiary/aromatic N) is 6. The monoisotopic (exact) mass is 896 g/mol. The first-order valence-corrected chi connectivity index (χ1v) is 22.1. The molecule has 1 aromatic heterocycles. The van der Waals surface area contributed by atoms with Crippen LogP contribution < -0.4 is 29.1 Å². The van der Waals surface area contributed by atoms with Crippen LogP contribution in [0.1, 0.15) is 16.7 Å². The second-order valence-corrected chi connectivity index (χ2v) is 17.7. The Morgan fingerprint density at radius 3 is 1.95 bits per heavy atom. The lowest BCUT2D eigenvalue weighted by Gasteiger charge is -2.35. The van der Waals surface area contributed by atoms with E-state index in [2.05, 4.69) is 20.1 Å². The molecule has 1 amide bonds. The summed E-state index contributed by atoms with van der Waals surface area (Å²) in [6.07, 6.45) is -3.62. The standard InChI is InChI=1S/C40H48N8O12S2/c1-57-31-10-4-27(5-11-31)22-47(23-28-6-12-32(58-2)13-7-28)62(55,56)38-36(61(53,54)42-21-30(50)20-41-40(51)52)17-16-35(46-18-19-60-34(25-46)26-49)37(38)39-43-45-48(44-39)24-29-8-14-33(59-3)15-9-29/h4-17,30,34,41-42,49-50H,18-26H2,1-3H3,(H,51,52)/t30-,34?/m1/s1. The number of aliphatic hydroxyl groups is 2. The molecule has 20 nitrogen and oxygen atoms in total. The van der Waals surface area contributed by atoms with Crippen LogP contribution in [0, 0.1) is 0 Å². The van der Waals surface area contributed by atoms with Gasteiger partial charge in [-0.1, -0.05) is 36.4 Å². The fraction of sp³-hybridized carbons (Fsp3) is 0.350. The summed E-state index contributed by atoms with van der Waals surface area (Å²) in [6.45, 7) is -1.47. The summed E-state index contributed by atoms with van der Waals surface area (Å²) in [5.74, 6) is 1.46. The van der Waals surface area contributed by atoms with Crippen LogP contribution in [-0.2, 0) is 44.4 Å². The third-order valence-electron chi connectivity index (χ3n) is 9.86. The Labute approximate surface area is 358 Å². The number of methoxy groups -OCH3 is 3. The van der Waals surface area contributed by atoms with Crippen LogP contribution in [0.5, 0.6) is 17.2 Å². The van der Waals surface area contributed by atoms with E-state index in [9.17, 15) is 23.4 Å². The number of tetrazole rings is 1. The first kappa shape index (κ1) is 45.6. The highest BCUT2D eigenvalue weighted by Crippen LogP contribution is 2.41. The molecule has 0 spiro atoms. The van der Waals surface area contributed by atoms with Crippen molar-refractivity contribution in [1.82, 2.24) is 34.6 Å². The van der Waals surface area contributed by atoms with Gasteiger partial charge in [-0.05, 0) is 70.4 Å². The minimum atomic E-state index is -4.96. The minimum absolute atomic E-state index is 0.0947. The molecule has 332 valence electrons. The molecule has 1 fully saturated rings. The molecule has 0 aliphatic carbocycles. The number of aliphatic hydroxyl groups excluding tert-OH is 2. The Bertz CT molecular complexity index is 2460. The largest absolute Gasteiger partial charge is 0.497 e. The Hall–Kier alpha value is -5.88. The summed E-state index contributed by atoms with van der Waals surface area (Å²) >= 11 is 0. The molecule has 1 aliphatic rings. The average molecular weight is 897 g/mol. The van der Waals surface area contributed by atoms with Crippen LogP contribution in [-0.4, -0.2) is 136 Å². The Morgan fingerprint density at radius 1 is 0.855 bits per heavy atom. The predicted octanol–water partition coefficient (Wildman–Crippen LogP) is 1.91. The topological polar surface area (TPSA) is 257 Å². The molecule has 5 aromatic rings. The van der Waals surface area contributed by atoms with E-state index in [1.807, 2.05) is 5.32 Å². The molecule has 1 saturated heterocycles. The first-order valence-electron chi connectivity index (χ1n) is 19.2. The first-order chi connectivity index (χ1) is 29.7. The van der Waals surface area contributed by atoms with Gasteiger partial charge >= 0.3 is 6.09 Å². The number of ether oxygens (including phenoxy) is 4. The lowest BCUT2D eigenvalue weighted by molar-refractivity contribution is 0.00358. The number of sulfonamides is 2. The molecule has 4 aromatic carbocycles. The van der Waals surface area contributed by atoms with Gasteiger partial charge in [0, 0.05) is 45.0 Å². The van der Waals surface area contributed by atoms with Crippen molar-refractivity contribution in [2.45, 2.75) is 41.6 Å². The van der Waals surface area contributed by atoms with E-state index in [0.717, 1.165) is 15.9 Å². The molecule has 0 radical (unpaired) electrons. The molecule has 1 aliphatic heterocycles. The van der Waals surface area contributed by atoms with Crippen molar-refractivity contribution in [1.29, 1.82) is 0 Å². The molecule has 1 unspecified atom stereocenters. The van der Waals surface area contributed by atoms with Crippen molar-refractivity contribution in [3.8, 4) is 28.6 Å². The minimum Gasteiger partial charge on any atom is -0.497 e. The number of amides is 1. The summed E-state index contributed by atoms with van der Waals surface area (Å²) in [7, 11) is -5.27. The van der Waals surface area contributed by atoms with Gasteiger partial charge in [-0.25, -0.2) is 26.4 Å². The van der Waals surface area contributed by atoms with Crippen LogP contribution in [0.15, 0.2) is 94.7 Å². The smallest absolute Gasteiger partial charge is 0.404 e. The molecule has 0 saturated carbocycles. The van der Waals surface area contributed by atoms with Crippen LogP contribution in [0.4, 0.5) is 10.5 Å². The SMILES string of the molecule is COc1ccc(CN(Cc2ccc(OC)cc2)S(=O)(=O)c2c(S(=O)(=O)NC[C@H](O)CNC(=O)O)ccc(N3CCOC(CO)C3)c2-c2nnn(Cc3ccc(OC)cc3)n2)cc1. The van der Waals surface area contributed by atoms with Gasteiger partial charge in [-0.3, -0.25) is 0 Å². The molecule has 5 N–H and O–H groups in total. The molecule has 2 heterocycles. The zero-order chi connectivity index (χ0) is 44.4. The summed E-state index contributed by atoms with van der Waals surface area (Å²) in [6, 6.07) is 23.1. The highest BCUT2D eigenvalue weighted by atomic mass is 32.2. The van der Waals surface area contributed by atoms with Gasteiger partial charge in [0.15, 0.2) is 0 Å². The van der Waals surface area contributed by atoms with Crippen molar-refractivity contribution >= 4 is 31.8 Å². The average Bonchev–Trinajstić information content (AvgIpc) is 3.75. The maximum absolute atomic E-state index is 15.8. The summed E-state index contributed by atoms with van der Waals surface area (Å²) in [5, 5.41) is 44.8. The molecule has 62 heavy (non-hydrogen) atoms. The second kappa shape index (κ2) is 20.3. The van der Waals surface area contributed by atoms with E-state index in [1.54, 1.807) is 84.8 Å². The zero-order valence-corrected chi connectivity index (χ0v) is 35.8. The molecule has 22 heteroatoms. The maximum Gasteiger partial charge on any atom is 0.404 e. The normalized spacial score (nSPS) is 15.0. The van der Waals surface area contributed by atoms with Crippen molar-refractivity contribution in [3.63, 3.8) is 0 Å². The van der Waals surface area contributed by atoms with Crippen LogP contribution in [0.2, 0.25) is 0 Å². The number of nitrogens with one attached hydrogen (secondary N) is 2. The third-order valence-corrected chi connectivity index (χ3v) is 13.3. The molecular weight excluding hydrogens is 849 g/mol. The van der Waals surface area contributed by atoms with Crippen molar-refractivity contribution in [3.05, 3.63) is 102 Å². The van der Waals surface area contributed by atoms with Gasteiger partial charge in [0.2, 0.25) is 25.9 Å². The molecule has 0 bridgehead atoms. The predicted molar refractivity (Wildman–Crippen MR) is 224 cm³/mol. The summed E-state index contributed by atoms with van der Waals surface area (Å²) in [5.41, 5.74) is 1.85. The Kier molecular flexibility index (Phi) is 15.0. The fourth-order valence-corrected chi connectivity index (χ4v) is 10.1. The number of hydrogen-bond acceptors (Lipinski definition) is 15. The molecule has 6 rings (SSSR count). The number of benzene rings is 4. The van der Waals surface area contributed by atoms with Crippen molar-refractivity contribution < 1.29 is 55.9 Å². The fourth-order valence-electron chi connectivity index (χ4n) is 6.64. The van der Waals surface area contributed by atoms with Gasteiger partial charge < -0.3 is 44.5 Å². The van der Waals surface area contributed by atoms with Crippen molar-refractivity contribution in [2.24, 2.45) is 0 Å². The summed E-state index contributed by atoms with van der Waals surface area (Å²) in [4.78, 5) is 12.7. The maximum atomic E-state index is 15.8. The number of morpholine rings is 1. The van der Waals surface area contributed by atoms with Gasteiger partial charge in [0.25, 0.3) is 0 Å². The van der Waals surface area contributed by atoms with E-state index < -0.39 is 61.2 Å². The lowest BCUT2D eigenvalue weighted by Crippen LogP contribution is -2.44. The number of rotatable bonds is 20. The number of aromatic nitrogens is 4. The lowest BCUT2D eigenvalue weighted by atomic mass is 10.1. The van der Waals surface area contributed by atoms with E-state index in [0.29, 0.717) is 28.4 Å². The van der Waals surface area contributed by atoms with Crippen LogP contribution >= 0.6 is 0 Å². The highest BCUT2D eigenvalue weighted by molar-refractivity contribution is 7.92. The van der Waals surface area contributed by atoms with Crippen molar-refractivity contribution in [2.75, 3.05) is 65.6 Å². The van der Waals surface area contributed by atoms with E-state index in [-0.39, 0.29) is 63.0 Å².